The van der Waals surface area contributed by atoms with E-state index >= 15 is 0 Å². The molecule has 3 nitrogen and oxygen atoms in total. The van der Waals surface area contributed by atoms with Gasteiger partial charge in [0.25, 0.3) is 0 Å². The van der Waals surface area contributed by atoms with Gasteiger partial charge in [-0.2, -0.15) is 0 Å². The highest BCUT2D eigenvalue weighted by molar-refractivity contribution is 5.60. The minimum atomic E-state index is 0.134. The van der Waals surface area contributed by atoms with Gasteiger partial charge >= 0.3 is 0 Å². The summed E-state index contributed by atoms with van der Waals surface area (Å²) in [4.78, 5) is 2.12. The minimum Gasteiger partial charge on any atom is -0.399 e. The third kappa shape index (κ3) is 3.70. The highest BCUT2D eigenvalue weighted by Gasteiger charge is 2.22. The summed E-state index contributed by atoms with van der Waals surface area (Å²) >= 11 is 0. The van der Waals surface area contributed by atoms with Crippen LogP contribution in [0.3, 0.4) is 0 Å². The van der Waals surface area contributed by atoms with Crippen LogP contribution in [-0.2, 0) is 0 Å². The highest BCUT2D eigenvalue weighted by Crippen LogP contribution is 2.38. The fourth-order valence-corrected chi connectivity index (χ4v) is 3.84. The van der Waals surface area contributed by atoms with Crippen LogP contribution in [0.2, 0.25) is 0 Å². The van der Waals surface area contributed by atoms with Crippen molar-refractivity contribution in [3.63, 3.8) is 0 Å². The molecule has 0 aliphatic rings. The molecule has 0 amide bonds. The Hall–Kier alpha value is -2.94. The van der Waals surface area contributed by atoms with E-state index in [1.54, 1.807) is 0 Å². The number of hydrogen-bond donors (Lipinski definition) is 2. The van der Waals surface area contributed by atoms with Crippen LogP contribution in [0, 0.1) is 27.7 Å². The molecule has 0 aliphatic heterocycles. The molecule has 3 aromatic carbocycles. The van der Waals surface area contributed by atoms with Crippen LogP contribution in [0.4, 0.5) is 17.1 Å². The molecule has 0 heterocycles. The molecule has 0 unspecified atom stereocenters. The number of nitrogen functional groups attached to an aromatic ring is 2. The average molecular weight is 374 g/mol. The van der Waals surface area contributed by atoms with Crippen LogP contribution in [0.25, 0.3) is 0 Å². The van der Waals surface area contributed by atoms with Crippen LogP contribution in [0.5, 0.6) is 0 Å². The molecule has 0 saturated heterocycles. The lowest BCUT2D eigenvalue weighted by atomic mass is 9.80. The van der Waals surface area contributed by atoms with Crippen molar-refractivity contribution in [2.45, 2.75) is 33.6 Å². The van der Waals surface area contributed by atoms with E-state index in [2.05, 4.69) is 95.2 Å². The second-order valence-electron chi connectivity index (χ2n) is 8.05. The summed E-state index contributed by atoms with van der Waals surface area (Å²) in [6.07, 6.45) is 0. The number of benzene rings is 3. The van der Waals surface area contributed by atoms with Crippen molar-refractivity contribution in [2.75, 3.05) is 30.5 Å². The molecule has 0 saturated carbocycles. The zero-order valence-electron chi connectivity index (χ0n) is 17.8. The van der Waals surface area contributed by atoms with Gasteiger partial charge in [-0.1, -0.05) is 24.3 Å². The highest BCUT2D eigenvalue weighted by atomic mass is 15.1. The predicted octanol–water partition coefficient (Wildman–Crippen LogP) is 5.33. The molecule has 0 radical (unpaired) electrons. The fraction of sp³-hybridized carbons (Fsp3) is 0.280. The van der Waals surface area contributed by atoms with Crippen molar-refractivity contribution in [1.82, 2.24) is 0 Å². The Morgan fingerprint density at radius 1 is 0.643 bits per heavy atom. The van der Waals surface area contributed by atoms with E-state index in [1.165, 1.54) is 33.5 Å². The summed E-state index contributed by atoms with van der Waals surface area (Å²) in [5, 5.41) is 0. The van der Waals surface area contributed by atoms with E-state index in [4.69, 9.17) is 11.5 Å². The van der Waals surface area contributed by atoms with Crippen molar-refractivity contribution < 1.29 is 0 Å². The first-order valence-electron chi connectivity index (χ1n) is 9.69. The first-order chi connectivity index (χ1) is 13.2. The van der Waals surface area contributed by atoms with Gasteiger partial charge in [-0.3, -0.25) is 0 Å². The number of rotatable bonds is 4. The lowest BCUT2D eigenvalue weighted by Gasteiger charge is -2.25. The third-order valence-electron chi connectivity index (χ3n) is 5.67. The average Bonchev–Trinajstić information content (AvgIpc) is 2.64. The van der Waals surface area contributed by atoms with Crippen molar-refractivity contribution in [3.8, 4) is 0 Å². The Kier molecular flexibility index (Phi) is 5.37. The van der Waals surface area contributed by atoms with Crippen LogP contribution < -0.4 is 16.4 Å². The summed E-state index contributed by atoms with van der Waals surface area (Å²) in [5.41, 5.74) is 23.7. The molecule has 3 heteroatoms. The largest absolute Gasteiger partial charge is 0.399 e. The van der Waals surface area contributed by atoms with Crippen LogP contribution in [-0.4, -0.2) is 14.1 Å². The summed E-state index contributed by atoms with van der Waals surface area (Å²) in [5.74, 6) is 0.134. The Morgan fingerprint density at radius 3 is 1.46 bits per heavy atom. The van der Waals surface area contributed by atoms with Gasteiger partial charge in [0.15, 0.2) is 0 Å². The maximum absolute atomic E-state index is 6.17. The van der Waals surface area contributed by atoms with E-state index in [0.29, 0.717) is 0 Å². The number of nitrogens with two attached hydrogens (primary N) is 2. The summed E-state index contributed by atoms with van der Waals surface area (Å²) in [7, 11) is 4.13. The van der Waals surface area contributed by atoms with Gasteiger partial charge < -0.3 is 16.4 Å². The molecule has 3 rings (SSSR count). The summed E-state index contributed by atoms with van der Waals surface area (Å²) < 4.78 is 0. The van der Waals surface area contributed by atoms with Crippen molar-refractivity contribution in [2.24, 2.45) is 0 Å². The molecule has 0 fully saturated rings. The van der Waals surface area contributed by atoms with E-state index in [1.807, 2.05) is 0 Å². The first-order valence-corrected chi connectivity index (χ1v) is 9.69. The third-order valence-corrected chi connectivity index (χ3v) is 5.67. The summed E-state index contributed by atoms with van der Waals surface area (Å²) in [6, 6.07) is 17.5. The molecule has 0 bridgehead atoms. The van der Waals surface area contributed by atoms with Gasteiger partial charge in [-0.25, -0.2) is 0 Å². The maximum Gasteiger partial charge on any atom is 0.0361 e. The molecule has 3 aromatic rings. The van der Waals surface area contributed by atoms with E-state index in [0.717, 1.165) is 22.5 Å². The number of hydrogen-bond acceptors (Lipinski definition) is 3. The smallest absolute Gasteiger partial charge is 0.0361 e. The number of anilines is 3. The van der Waals surface area contributed by atoms with Gasteiger partial charge in [0.05, 0.1) is 0 Å². The molecular formula is C25H31N3. The molecule has 0 aromatic heterocycles. The van der Waals surface area contributed by atoms with Crippen LogP contribution >= 0.6 is 0 Å². The monoisotopic (exact) mass is 373 g/mol. The summed E-state index contributed by atoms with van der Waals surface area (Å²) in [6.45, 7) is 8.44. The second-order valence-corrected chi connectivity index (χ2v) is 8.05. The Bertz CT molecular complexity index is 944. The van der Waals surface area contributed by atoms with Crippen LogP contribution in [0.1, 0.15) is 44.9 Å². The van der Waals surface area contributed by atoms with Gasteiger partial charge in [0.2, 0.25) is 0 Å². The van der Waals surface area contributed by atoms with Gasteiger partial charge in [0.1, 0.15) is 0 Å². The SMILES string of the molecule is Cc1cc(C(c2ccc(N(C)C)cc2)c2cc(C)c(N)cc2C)c(C)cc1N. The van der Waals surface area contributed by atoms with Gasteiger partial charge in [0, 0.05) is 37.1 Å². The fourth-order valence-electron chi connectivity index (χ4n) is 3.84. The van der Waals surface area contributed by atoms with E-state index in [-0.39, 0.29) is 5.92 Å². The van der Waals surface area contributed by atoms with Gasteiger partial charge in [-0.15, -0.1) is 0 Å². The molecular weight excluding hydrogens is 342 g/mol. The van der Waals surface area contributed by atoms with Crippen molar-refractivity contribution in [1.29, 1.82) is 0 Å². The van der Waals surface area contributed by atoms with Crippen molar-refractivity contribution >= 4 is 17.1 Å². The van der Waals surface area contributed by atoms with E-state index in [9.17, 15) is 0 Å². The molecule has 0 atom stereocenters. The number of aryl methyl sites for hydroxylation is 4. The zero-order chi connectivity index (χ0) is 20.6. The normalized spacial score (nSPS) is 11.1. The second kappa shape index (κ2) is 7.59. The standard InChI is InChI=1S/C25H31N3/c1-15-13-23(26)17(3)11-21(15)25(19-7-9-20(10-8-19)28(5)6)22-12-18(4)24(27)14-16(22)2/h7-14,25H,26-27H2,1-6H3. The molecule has 146 valence electrons. The Labute approximate surface area is 169 Å². The molecule has 0 aliphatic carbocycles. The minimum absolute atomic E-state index is 0.134. The Morgan fingerprint density at radius 2 is 1.07 bits per heavy atom. The van der Waals surface area contributed by atoms with Crippen LogP contribution in [0.15, 0.2) is 48.5 Å². The molecule has 4 N–H and O–H groups in total. The lowest BCUT2D eigenvalue weighted by molar-refractivity contribution is 0.943. The Balaban J connectivity index is 2.26. The van der Waals surface area contributed by atoms with Gasteiger partial charge in [-0.05, 0) is 90.9 Å². The van der Waals surface area contributed by atoms with E-state index < -0.39 is 0 Å². The van der Waals surface area contributed by atoms with Crippen molar-refractivity contribution in [3.05, 3.63) is 87.5 Å². The number of nitrogens with zero attached hydrogens (tertiary/aromatic N) is 1. The molecule has 0 spiro atoms. The first kappa shape index (κ1) is 19.8. The zero-order valence-corrected chi connectivity index (χ0v) is 17.8. The maximum atomic E-state index is 6.17. The topological polar surface area (TPSA) is 55.3 Å². The quantitative estimate of drug-likeness (QED) is 0.480. The lowest BCUT2D eigenvalue weighted by Crippen LogP contribution is -2.11. The predicted molar refractivity (Wildman–Crippen MR) is 122 cm³/mol. The molecule has 28 heavy (non-hydrogen) atoms.